The lowest BCUT2D eigenvalue weighted by Crippen LogP contribution is -2.26. The Morgan fingerprint density at radius 2 is 2.11 bits per heavy atom. The summed E-state index contributed by atoms with van der Waals surface area (Å²) >= 11 is 12.0. The van der Waals surface area contributed by atoms with Crippen LogP contribution >= 0.6 is 23.2 Å². The summed E-state index contributed by atoms with van der Waals surface area (Å²) in [7, 11) is 0. The molecule has 4 heteroatoms. The normalized spacial score (nSPS) is 22.4. The van der Waals surface area contributed by atoms with Crippen LogP contribution in [0.2, 0.25) is 10.0 Å². The van der Waals surface area contributed by atoms with Crippen LogP contribution in [0.15, 0.2) is 42.0 Å². The number of hydrogen-bond acceptors (Lipinski definition) is 2. The zero-order valence-electron chi connectivity index (χ0n) is 16.2. The second kappa shape index (κ2) is 10.5. The van der Waals surface area contributed by atoms with Gasteiger partial charge in [-0.25, -0.2) is 0 Å². The van der Waals surface area contributed by atoms with Crippen molar-refractivity contribution in [3.8, 4) is 5.75 Å². The lowest BCUT2D eigenvalue weighted by molar-refractivity contribution is 0.296. The first-order valence-corrected chi connectivity index (χ1v) is 11.1. The van der Waals surface area contributed by atoms with Gasteiger partial charge in [-0.2, -0.15) is 0 Å². The highest BCUT2D eigenvalue weighted by Gasteiger charge is 2.38. The molecule has 2 aliphatic rings. The first-order valence-electron chi connectivity index (χ1n) is 10.3. The van der Waals surface area contributed by atoms with Crippen LogP contribution in [0.25, 0.3) is 0 Å². The molecule has 0 spiro atoms. The van der Waals surface area contributed by atoms with Crippen LogP contribution in [0.5, 0.6) is 5.75 Å². The molecule has 3 atom stereocenters. The third-order valence-corrected chi connectivity index (χ3v) is 6.18. The third kappa shape index (κ3) is 6.55. The number of benzene rings is 1. The van der Waals surface area contributed by atoms with Gasteiger partial charge in [0.1, 0.15) is 5.75 Å². The van der Waals surface area contributed by atoms with E-state index in [2.05, 4.69) is 30.5 Å². The molecule has 1 aromatic rings. The second-order valence-electron chi connectivity index (χ2n) is 7.73. The molecule has 0 heterocycles. The highest BCUT2D eigenvalue weighted by atomic mass is 35.5. The largest absolute Gasteiger partial charge is 0.492 e. The Hall–Kier alpha value is -0.960. The smallest absolute Gasteiger partial charge is 0.137 e. The van der Waals surface area contributed by atoms with E-state index in [-0.39, 0.29) is 0 Å². The van der Waals surface area contributed by atoms with E-state index < -0.39 is 0 Å². The average Bonchev–Trinajstić information content (AvgIpc) is 3.46. The van der Waals surface area contributed by atoms with Crippen molar-refractivity contribution in [2.75, 3.05) is 13.2 Å². The third-order valence-electron chi connectivity index (χ3n) is 5.65. The summed E-state index contributed by atoms with van der Waals surface area (Å²) in [6.07, 6.45) is 15.5. The van der Waals surface area contributed by atoms with E-state index in [0.717, 1.165) is 30.6 Å². The number of rotatable bonds is 11. The molecule has 2 unspecified atom stereocenters. The van der Waals surface area contributed by atoms with Gasteiger partial charge in [0.2, 0.25) is 0 Å². The molecule has 0 aromatic heterocycles. The van der Waals surface area contributed by atoms with Gasteiger partial charge in [0.05, 0.1) is 11.6 Å². The van der Waals surface area contributed by atoms with Crippen LogP contribution in [0.4, 0.5) is 0 Å². The Balaban J connectivity index is 1.28. The van der Waals surface area contributed by atoms with E-state index in [0.29, 0.717) is 22.7 Å². The van der Waals surface area contributed by atoms with E-state index in [1.165, 1.54) is 38.5 Å². The molecule has 0 aliphatic heterocycles. The number of ether oxygens (including phenoxy) is 1. The summed E-state index contributed by atoms with van der Waals surface area (Å²) in [5, 5.41) is 5.02. The Morgan fingerprint density at radius 1 is 1.22 bits per heavy atom. The quantitative estimate of drug-likeness (QED) is 0.406. The van der Waals surface area contributed by atoms with Crippen molar-refractivity contribution in [1.82, 2.24) is 5.32 Å². The first kappa shape index (κ1) is 20.8. The van der Waals surface area contributed by atoms with E-state index >= 15 is 0 Å². The summed E-state index contributed by atoms with van der Waals surface area (Å²) in [4.78, 5) is 0. The molecule has 1 fully saturated rings. The minimum absolute atomic E-state index is 0.583. The topological polar surface area (TPSA) is 21.3 Å². The molecule has 148 valence electrons. The van der Waals surface area contributed by atoms with Gasteiger partial charge in [-0.1, -0.05) is 54.8 Å². The summed E-state index contributed by atoms with van der Waals surface area (Å²) < 4.78 is 5.78. The average molecular weight is 408 g/mol. The molecule has 0 saturated heterocycles. The molecule has 1 saturated carbocycles. The van der Waals surface area contributed by atoms with Crippen molar-refractivity contribution in [3.63, 3.8) is 0 Å². The Bertz CT molecular complexity index is 670. The van der Waals surface area contributed by atoms with Crippen LogP contribution in [-0.2, 0) is 0 Å². The fourth-order valence-corrected chi connectivity index (χ4v) is 4.24. The molecule has 0 bridgehead atoms. The summed E-state index contributed by atoms with van der Waals surface area (Å²) in [5.74, 6) is 2.23. The van der Waals surface area contributed by atoms with Gasteiger partial charge in [0, 0.05) is 17.0 Å². The number of nitrogens with one attached hydrogen (secondary N) is 1. The molecule has 2 aliphatic carbocycles. The fraction of sp³-hybridized carbons (Fsp3) is 0.565. The Kier molecular flexibility index (Phi) is 8.11. The minimum atomic E-state index is 0.583. The number of allylic oxidation sites excluding steroid dienone is 3. The Morgan fingerprint density at radius 3 is 2.85 bits per heavy atom. The van der Waals surface area contributed by atoms with Crippen LogP contribution in [0.3, 0.4) is 0 Å². The van der Waals surface area contributed by atoms with Crippen LogP contribution < -0.4 is 10.1 Å². The summed E-state index contributed by atoms with van der Waals surface area (Å²) in [6, 6.07) is 6.07. The molecular formula is C23H31Cl2NO. The van der Waals surface area contributed by atoms with E-state index in [4.69, 9.17) is 27.9 Å². The van der Waals surface area contributed by atoms with Gasteiger partial charge in [0.25, 0.3) is 0 Å². The molecule has 3 rings (SSSR count). The van der Waals surface area contributed by atoms with Gasteiger partial charge in [-0.3, -0.25) is 0 Å². The molecule has 0 radical (unpaired) electrons. The van der Waals surface area contributed by atoms with Crippen molar-refractivity contribution in [3.05, 3.63) is 52.0 Å². The lowest BCUT2D eigenvalue weighted by Gasteiger charge is -2.16. The van der Waals surface area contributed by atoms with Crippen molar-refractivity contribution >= 4 is 23.2 Å². The monoisotopic (exact) mass is 407 g/mol. The van der Waals surface area contributed by atoms with Gasteiger partial charge < -0.3 is 10.1 Å². The summed E-state index contributed by atoms with van der Waals surface area (Å²) in [6.45, 7) is 4.14. The lowest BCUT2D eigenvalue weighted by atomic mass is 9.99. The first-order chi connectivity index (χ1) is 13.2. The second-order valence-corrected chi connectivity index (χ2v) is 8.58. The van der Waals surface area contributed by atoms with Gasteiger partial charge >= 0.3 is 0 Å². The van der Waals surface area contributed by atoms with Gasteiger partial charge in [0.15, 0.2) is 0 Å². The highest BCUT2D eigenvalue weighted by molar-refractivity contribution is 6.35. The molecular weight excluding hydrogens is 377 g/mol. The Labute approximate surface area is 174 Å². The van der Waals surface area contributed by atoms with E-state index in [9.17, 15) is 0 Å². The van der Waals surface area contributed by atoms with Gasteiger partial charge in [-0.15, -0.1) is 0 Å². The molecule has 1 aromatic carbocycles. The number of hydrogen-bond donors (Lipinski definition) is 1. The molecule has 1 N–H and O–H groups in total. The zero-order valence-corrected chi connectivity index (χ0v) is 17.7. The van der Waals surface area contributed by atoms with E-state index in [1.807, 2.05) is 12.1 Å². The molecule has 27 heavy (non-hydrogen) atoms. The van der Waals surface area contributed by atoms with Crippen molar-refractivity contribution in [1.29, 1.82) is 0 Å². The van der Waals surface area contributed by atoms with Crippen molar-refractivity contribution in [2.24, 2.45) is 11.8 Å². The maximum absolute atomic E-state index is 6.13. The summed E-state index contributed by atoms with van der Waals surface area (Å²) in [5.41, 5.74) is 1.56. The minimum Gasteiger partial charge on any atom is -0.492 e. The van der Waals surface area contributed by atoms with Crippen LogP contribution in [-0.4, -0.2) is 19.2 Å². The predicted molar refractivity (Wildman–Crippen MR) is 116 cm³/mol. The molecule has 2 nitrogen and oxygen atoms in total. The molecule has 0 amide bonds. The SMILES string of the molecule is CCC(CCCCOc1ccc(Cl)cc1Cl)CN[C@@H]1CC1C1=CCCC=C1. The van der Waals surface area contributed by atoms with Crippen LogP contribution in [0, 0.1) is 11.8 Å². The van der Waals surface area contributed by atoms with E-state index in [1.54, 1.807) is 11.6 Å². The standard InChI is InChI=1S/C23H31Cl2NO/c1-2-17(16-26-22-15-20(22)18-9-4-3-5-10-18)8-6-7-13-27-23-12-11-19(24)14-21(23)25/h4,9-12,14,17,20,22,26H,2-3,5-8,13,15-16H2,1H3/t17?,20?,22-/m1/s1. The maximum Gasteiger partial charge on any atom is 0.137 e. The van der Waals surface area contributed by atoms with Crippen LogP contribution in [0.1, 0.15) is 51.9 Å². The zero-order chi connectivity index (χ0) is 19.1. The highest BCUT2D eigenvalue weighted by Crippen LogP contribution is 2.39. The predicted octanol–water partition coefficient (Wildman–Crippen LogP) is 6.82. The van der Waals surface area contributed by atoms with Gasteiger partial charge in [-0.05, 0) is 74.8 Å². The maximum atomic E-state index is 6.13. The van der Waals surface area contributed by atoms with Crippen molar-refractivity contribution < 1.29 is 4.74 Å². The number of halogens is 2. The fourth-order valence-electron chi connectivity index (χ4n) is 3.78. The van der Waals surface area contributed by atoms with Crippen molar-refractivity contribution in [2.45, 2.75) is 57.9 Å². The number of unbranched alkanes of at least 4 members (excludes halogenated alkanes) is 1.